The Morgan fingerprint density at radius 1 is 1.00 bits per heavy atom. The Labute approximate surface area is 98.0 Å². The summed E-state index contributed by atoms with van der Waals surface area (Å²) in [6.07, 6.45) is 0.587. The van der Waals surface area contributed by atoms with Gasteiger partial charge in [0.05, 0.1) is 5.56 Å². The first-order valence-corrected chi connectivity index (χ1v) is 4.97. The lowest BCUT2D eigenvalue weighted by Gasteiger charge is -2.07. The fraction of sp³-hybridized carbons (Fsp3) is 0. The van der Waals surface area contributed by atoms with Crippen LogP contribution < -0.4 is 9.78 Å². The van der Waals surface area contributed by atoms with E-state index in [0.29, 0.717) is 12.0 Å². The van der Waals surface area contributed by atoms with E-state index in [1.165, 1.54) is 18.2 Å². The summed E-state index contributed by atoms with van der Waals surface area (Å²) in [5.74, 6) is 0.776. The molecule has 0 unspecified atom stereocenters. The van der Waals surface area contributed by atoms with Gasteiger partial charge in [0.25, 0.3) is 0 Å². The Kier molecular flexibility index (Phi) is 3.25. The molecule has 0 aliphatic rings. The van der Waals surface area contributed by atoms with Gasteiger partial charge in [0.2, 0.25) is 0 Å². The van der Waals surface area contributed by atoms with Gasteiger partial charge in [0.1, 0.15) is 5.75 Å². The van der Waals surface area contributed by atoms with Gasteiger partial charge in [0.15, 0.2) is 17.8 Å². The molecule has 0 radical (unpaired) electrons. The smallest absolute Gasteiger partial charge is 0.189 e. The molecule has 2 aromatic carbocycles. The molecule has 0 amide bonds. The number of hydrogen-bond acceptors (Lipinski definition) is 4. The first-order valence-electron chi connectivity index (χ1n) is 4.97. The largest absolute Gasteiger partial charge is 0.508 e. The molecule has 0 heterocycles. The van der Waals surface area contributed by atoms with Gasteiger partial charge < -0.3 is 5.11 Å². The first kappa shape index (κ1) is 11.0. The number of phenols is 1. The van der Waals surface area contributed by atoms with Gasteiger partial charge in [-0.3, -0.25) is 14.6 Å². The lowest BCUT2D eigenvalue weighted by Crippen LogP contribution is -2.02. The van der Waals surface area contributed by atoms with E-state index in [1.54, 1.807) is 24.3 Å². The monoisotopic (exact) mass is 230 g/mol. The third-order valence-corrected chi connectivity index (χ3v) is 2.09. The quantitative estimate of drug-likeness (QED) is 0.498. The van der Waals surface area contributed by atoms with Crippen LogP contribution in [0.2, 0.25) is 0 Å². The third-order valence-electron chi connectivity index (χ3n) is 2.09. The minimum absolute atomic E-state index is 0.000777. The number of benzene rings is 2. The second-order valence-corrected chi connectivity index (χ2v) is 3.32. The van der Waals surface area contributed by atoms with Crippen LogP contribution in [0.1, 0.15) is 10.4 Å². The summed E-state index contributed by atoms with van der Waals surface area (Å²) in [5, 5.41) is 9.20. The molecular weight excluding hydrogens is 220 g/mol. The number of aromatic hydroxyl groups is 1. The highest BCUT2D eigenvalue weighted by atomic mass is 17.2. The fourth-order valence-corrected chi connectivity index (χ4v) is 1.27. The number of carbonyl (C=O) groups excluding carboxylic acids is 1. The SMILES string of the molecule is O=Cc1cc(O)ccc1OOc1ccccc1. The molecule has 2 aromatic rings. The molecule has 0 spiro atoms. The first-order chi connectivity index (χ1) is 8.29. The van der Waals surface area contributed by atoms with Crippen molar-refractivity contribution in [1.29, 1.82) is 0 Å². The highest BCUT2D eigenvalue weighted by Gasteiger charge is 2.06. The Morgan fingerprint density at radius 3 is 2.47 bits per heavy atom. The van der Waals surface area contributed by atoms with Crippen LogP contribution in [0.3, 0.4) is 0 Å². The second kappa shape index (κ2) is 5.03. The van der Waals surface area contributed by atoms with Crippen molar-refractivity contribution in [3.05, 3.63) is 54.1 Å². The summed E-state index contributed by atoms with van der Waals surface area (Å²) in [7, 11) is 0. The van der Waals surface area contributed by atoms with Crippen LogP contribution in [0.4, 0.5) is 0 Å². The molecule has 0 saturated carbocycles. The molecular formula is C13H10O4. The lowest BCUT2D eigenvalue weighted by atomic mass is 10.2. The summed E-state index contributed by atoms with van der Waals surface area (Å²) in [5.41, 5.74) is 0.223. The van der Waals surface area contributed by atoms with Crippen LogP contribution >= 0.6 is 0 Å². The molecule has 0 bridgehead atoms. The molecule has 0 saturated heterocycles. The van der Waals surface area contributed by atoms with E-state index in [1.807, 2.05) is 6.07 Å². The third kappa shape index (κ3) is 2.75. The van der Waals surface area contributed by atoms with Gasteiger partial charge in [-0.05, 0) is 30.3 Å². The zero-order valence-corrected chi connectivity index (χ0v) is 8.87. The summed E-state index contributed by atoms with van der Waals surface area (Å²) >= 11 is 0. The Bertz CT molecular complexity index is 508. The topological polar surface area (TPSA) is 55.8 Å². The number of carbonyl (C=O) groups is 1. The van der Waals surface area contributed by atoms with Crippen molar-refractivity contribution in [2.75, 3.05) is 0 Å². The van der Waals surface area contributed by atoms with E-state index in [0.717, 1.165) is 0 Å². The number of phenolic OH excluding ortho intramolecular Hbond substituents is 1. The fourth-order valence-electron chi connectivity index (χ4n) is 1.27. The van der Waals surface area contributed by atoms with E-state index >= 15 is 0 Å². The molecule has 0 aromatic heterocycles. The van der Waals surface area contributed by atoms with Gasteiger partial charge in [-0.25, -0.2) is 0 Å². The Hall–Kier alpha value is -2.49. The summed E-state index contributed by atoms with van der Waals surface area (Å²) < 4.78 is 0. The van der Waals surface area contributed by atoms with Crippen LogP contribution in [0.5, 0.6) is 17.2 Å². The second-order valence-electron chi connectivity index (χ2n) is 3.32. The van der Waals surface area contributed by atoms with E-state index in [4.69, 9.17) is 9.78 Å². The molecule has 0 aliphatic carbocycles. The molecule has 1 N–H and O–H groups in total. The molecule has 0 aliphatic heterocycles. The van der Waals surface area contributed by atoms with Gasteiger partial charge in [-0.2, -0.15) is 0 Å². The molecule has 0 fully saturated rings. The van der Waals surface area contributed by atoms with E-state index in [-0.39, 0.29) is 17.1 Å². The van der Waals surface area contributed by atoms with E-state index in [2.05, 4.69) is 0 Å². The van der Waals surface area contributed by atoms with Crippen LogP contribution in [0.25, 0.3) is 0 Å². The summed E-state index contributed by atoms with van der Waals surface area (Å²) in [6, 6.07) is 13.1. The zero-order chi connectivity index (χ0) is 12.1. The average molecular weight is 230 g/mol. The number of aldehydes is 1. The predicted molar refractivity (Wildman–Crippen MR) is 61.2 cm³/mol. The Balaban J connectivity index is 2.11. The van der Waals surface area contributed by atoms with E-state index < -0.39 is 0 Å². The molecule has 4 nitrogen and oxygen atoms in total. The maximum Gasteiger partial charge on any atom is 0.189 e. The van der Waals surface area contributed by atoms with E-state index in [9.17, 15) is 9.90 Å². The maximum absolute atomic E-state index is 10.7. The van der Waals surface area contributed by atoms with Crippen LogP contribution in [-0.2, 0) is 0 Å². The highest BCUT2D eigenvalue weighted by Crippen LogP contribution is 2.22. The molecule has 4 heteroatoms. The number of para-hydroxylation sites is 1. The van der Waals surface area contributed by atoms with Crippen molar-refractivity contribution >= 4 is 6.29 Å². The van der Waals surface area contributed by atoms with Gasteiger partial charge in [0, 0.05) is 0 Å². The number of rotatable bonds is 4. The zero-order valence-electron chi connectivity index (χ0n) is 8.87. The highest BCUT2D eigenvalue weighted by molar-refractivity contribution is 5.80. The summed E-state index contributed by atoms with van der Waals surface area (Å²) in [6.45, 7) is 0. The molecule has 17 heavy (non-hydrogen) atoms. The predicted octanol–water partition coefficient (Wildman–Crippen LogP) is 2.58. The number of hydrogen-bond donors (Lipinski definition) is 1. The minimum atomic E-state index is -0.000777. The molecule has 86 valence electrons. The van der Waals surface area contributed by atoms with Crippen molar-refractivity contribution in [2.24, 2.45) is 0 Å². The lowest BCUT2D eigenvalue weighted by molar-refractivity contribution is -0.100. The van der Waals surface area contributed by atoms with Crippen molar-refractivity contribution in [1.82, 2.24) is 0 Å². The maximum atomic E-state index is 10.7. The van der Waals surface area contributed by atoms with Crippen LogP contribution in [-0.4, -0.2) is 11.4 Å². The van der Waals surface area contributed by atoms with Crippen molar-refractivity contribution in [2.45, 2.75) is 0 Å². The van der Waals surface area contributed by atoms with Crippen molar-refractivity contribution < 1.29 is 19.7 Å². The van der Waals surface area contributed by atoms with Crippen molar-refractivity contribution in [3.63, 3.8) is 0 Å². The Morgan fingerprint density at radius 2 is 1.76 bits per heavy atom. The average Bonchev–Trinajstić information content (AvgIpc) is 2.38. The minimum Gasteiger partial charge on any atom is -0.508 e. The van der Waals surface area contributed by atoms with Crippen LogP contribution in [0, 0.1) is 0 Å². The van der Waals surface area contributed by atoms with Crippen molar-refractivity contribution in [3.8, 4) is 17.2 Å². The van der Waals surface area contributed by atoms with Gasteiger partial charge in [-0.15, -0.1) is 0 Å². The standard InChI is InChI=1S/C13H10O4/c14-9-10-8-11(15)6-7-13(10)17-16-12-4-2-1-3-5-12/h1-9,15H. The molecule has 0 atom stereocenters. The van der Waals surface area contributed by atoms with Crippen LogP contribution in [0.15, 0.2) is 48.5 Å². The summed E-state index contributed by atoms with van der Waals surface area (Å²) in [4.78, 5) is 20.8. The molecule has 2 rings (SSSR count). The normalized spacial score (nSPS) is 9.65. The van der Waals surface area contributed by atoms with Gasteiger partial charge >= 0.3 is 0 Å². The van der Waals surface area contributed by atoms with Gasteiger partial charge in [-0.1, -0.05) is 18.2 Å².